The number of hydrogen-bond acceptors (Lipinski definition) is 3. The van der Waals surface area contributed by atoms with Crippen LogP contribution in [-0.4, -0.2) is 48.4 Å². The van der Waals surface area contributed by atoms with Gasteiger partial charge in [0.15, 0.2) is 0 Å². The van der Waals surface area contributed by atoms with E-state index in [0.29, 0.717) is 22.4 Å². The van der Waals surface area contributed by atoms with Gasteiger partial charge in [-0.2, -0.15) is 0 Å². The molecule has 4 rings (SSSR count). The summed E-state index contributed by atoms with van der Waals surface area (Å²) < 4.78 is 0. The second-order valence-corrected chi connectivity index (χ2v) is 8.18. The maximum atomic E-state index is 12.8. The molecule has 142 valence electrons. The molecule has 2 unspecified atom stereocenters. The highest BCUT2D eigenvalue weighted by Gasteiger charge is 2.41. The number of nitrogens with zero attached hydrogens (tertiary/aromatic N) is 2. The van der Waals surface area contributed by atoms with E-state index in [1.165, 1.54) is 5.56 Å². The zero-order chi connectivity index (χ0) is 18.8. The van der Waals surface area contributed by atoms with Gasteiger partial charge in [-0.25, -0.2) is 0 Å². The van der Waals surface area contributed by atoms with Crippen LogP contribution >= 0.6 is 11.6 Å². The van der Waals surface area contributed by atoms with E-state index in [1.807, 2.05) is 41.3 Å². The summed E-state index contributed by atoms with van der Waals surface area (Å²) in [6.45, 7) is 4.78. The topological polar surface area (TPSA) is 49.6 Å². The lowest BCUT2D eigenvalue weighted by atomic mass is 10.0. The van der Waals surface area contributed by atoms with Gasteiger partial charge in [0.2, 0.25) is 0 Å². The Kier molecular flexibility index (Phi) is 5.48. The fraction of sp³-hybridized carbons (Fsp3) is 0.409. The zero-order valence-electron chi connectivity index (χ0n) is 15.4. The number of rotatable bonds is 5. The first-order valence-electron chi connectivity index (χ1n) is 9.68. The molecule has 2 N–H and O–H groups in total. The third kappa shape index (κ3) is 4.03. The molecule has 1 amide bonds. The Morgan fingerprint density at radius 3 is 2.30 bits per heavy atom. The van der Waals surface area contributed by atoms with Gasteiger partial charge in [-0.05, 0) is 42.5 Å². The Bertz CT molecular complexity index is 783. The molecule has 0 bridgehead atoms. The Hall–Kier alpha value is -1.88. The van der Waals surface area contributed by atoms with E-state index in [2.05, 4.69) is 17.0 Å². The van der Waals surface area contributed by atoms with Crippen molar-refractivity contribution < 1.29 is 4.79 Å². The van der Waals surface area contributed by atoms with Crippen LogP contribution in [-0.2, 0) is 0 Å². The van der Waals surface area contributed by atoms with Gasteiger partial charge in [0.05, 0.1) is 10.6 Å². The van der Waals surface area contributed by atoms with Crippen molar-refractivity contribution in [2.75, 3.05) is 32.7 Å². The number of fused-ring (bicyclic) bond motifs is 1. The monoisotopic (exact) mass is 383 g/mol. The van der Waals surface area contributed by atoms with Gasteiger partial charge in [-0.3, -0.25) is 4.79 Å². The van der Waals surface area contributed by atoms with Gasteiger partial charge >= 0.3 is 0 Å². The van der Waals surface area contributed by atoms with E-state index >= 15 is 0 Å². The summed E-state index contributed by atoms with van der Waals surface area (Å²) >= 11 is 6.20. The highest BCUT2D eigenvalue weighted by Crippen LogP contribution is 2.33. The van der Waals surface area contributed by atoms with Gasteiger partial charge in [0, 0.05) is 32.2 Å². The lowest BCUT2D eigenvalue weighted by Crippen LogP contribution is -2.34. The van der Waals surface area contributed by atoms with Crippen LogP contribution in [0.25, 0.3) is 0 Å². The first kappa shape index (κ1) is 18.5. The van der Waals surface area contributed by atoms with Gasteiger partial charge in [0.25, 0.3) is 5.91 Å². The fourth-order valence-corrected chi connectivity index (χ4v) is 4.65. The summed E-state index contributed by atoms with van der Waals surface area (Å²) in [6.07, 6.45) is 0.964. The SMILES string of the molecule is N[C@@H](CCN1CC2CN(C(=O)c3ccccc3Cl)CC2C1)c1ccccc1. The number of carbonyl (C=O) groups excluding carboxylic acids is 1. The number of amides is 1. The number of carbonyl (C=O) groups is 1. The van der Waals surface area contributed by atoms with Crippen molar-refractivity contribution >= 4 is 17.5 Å². The van der Waals surface area contributed by atoms with Crippen LogP contribution in [0.4, 0.5) is 0 Å². The summed E-state index contributed by atoms with van der Waals surface area (Å²) in [5.74, 6) is 1.18. The molecule has 0 saturated carbocycles. The smallest absolute Gasteiger partial charge is 0.255 e. The number of likely N-dealkylation sites (tertiary alicyclic amines) is 2. The summed E-state index contributed by atoms with van der Waals surface area (Å²) in [5.41, 5.74) is 8.15. The van der Waals surface area contributed by atoms with Crippen LogP contribution in [0.5, 0.6) is 0 Å². The first-order valence-corrected chi connectivity index (χ1v) is 10.1. The van der Waals surface area contributed by atoms with Crippen LogP contribution in [0.15, 0.2) is 54.6 Å². The number of hydrogen-bond donors (Lipinski definition) is 1. The van der Waals surface area contributed by atoms with E-state index in [-0.39, 0.29) is 11.9 Å². The molecule has 27 heavy (non-hydrogen) atoms. The lowest BCUT2D eigenvalue weighted by Gasteiger charge is -2.23. The molecular weight excluding hydrogens is 358 g/mol. The van der Waals surface area contributed by atoms with Crippen LogP contribution in [0.1, 0.15) is 28.4 Å². The molecule has 3 atom stereocenters. The van der Waals surface area contributed by atoms with Gasteiger partial charge in [-0.1, -0.05) is 54.1 Å². The third-order valence-electron chi connectivity index (χ3n) is 5.94. The predicted molar refractivity (Wildman–Crippen MR) is 109 cm³/mol. The molecule has 2 aliphatic heterocycles. The number of benzene rings is 2. The maximum absolute atomic E-state index is 12.8. The minimum Gasteiger partial charge on any atom is -0.338 e. The lowest BCUT2D eigenvalue weighted by molar-refractivity contribution is 0.0774. The molecule has 0 aromatic heterocycles. The minimum absolute atomic E-state index is 0.0626. The standard InChI is InChI=1S/C22H26ClN3O/c23-20-9-5-4-8-19(20)22(27)26-14-17-12-25(13-18(17)15-26)11-10-21(24)16-6-2-1-3-7-16/h1-9,17-18,21H,10-15,24H2/t17?,18?,21-/m0/s1. The summed E-state index contributed by atoms with van der Waals surface area (Å²) in [5, 5.41) is 0.538. The molecule has 0 aliphatic carbocycles. The van der Waals surface area contributed by atoms with Crippen LogP contribution in [0, 0.1) is 11.8 Å². The average Bonchev–Trinajstić information content (AvgIpc) is 3.25. The summed E-state index contributed by atoms with van der Waals surface area (Å²) in [4.78, 5) is 17.2. The second kappa shape index (κ2) is 8.01. The fourth-order valence-electron chi connectivity index (χ4n) is 4.43. The number of nitrogens with two attached hydrogens (primary N) is 1. The minimum atomic E-state index is 0.0626. The van der Waals surface area contributed by atoms with E-state index in [0.717, 1.165) is 39.1 Å². The van der Waals surface area contributed by atoms with E-state index < -0.39 is 0 Å². The predicted octanol–water partition coefficient (Wildman–Crippen LogP) is 3.43. The molecular formula is C22H26ClN3O. The maximum Gasteiger partial charge on any atom is 0.255 e. The average molecular weight is 384 g/mol. The van der Waals surface area contributed by atoms with Crippen molar-refractivity contribution in [1.82, 2.24) is 9.80 Å². The third-order valence-corrected chi connectivity index (χ3v) is 6.27. The van der Waals surface area contributed by atoms with Crippen LogP contribution in [0.2, 0.25) is 5.02 Å². The van der Waals surface area contributed by atoms with Gasteiger partial charge in [-0.15, -0.1) is 0 Å². The Balaban J connectivity index is 1.28. The number of halogens is 1. The highest BCUT2D eigenvalue weighted by atomic mass is 35.5. The second-order valence-electron chi connectivity index (χ2n) is 7.78. The van der Waals surface area contributed by atoms with Crippen molar-refractivity contribution in [1.29, 1.82) is 0 Å². The summed E-state index contributed by atoms with van der Waals surface area (Å²) in [7, 11) is 0. The van der Waals surface area contributed by atoms with Crippen molar-refractivity contribution in [2.45, 2.75) is 12.5 Å². The van der Waals surface area contributed by atoms with Crippen molar-refractivity contribution in [2.24, 2.45) is 17.6 Å². The first-order chi connectivity index (χ1) is 13.1. The molecule has 2 saturated heterocycles. The molecule has 2 aromatic carbocycles. The zero-order valence-corrected chi connectivity index (χ0v) is 16.2. The van der Waals surface area contributed by atoms with Crippen molar-refractivity contribution in [3.63, 3.8) is 0 Å². The van der Waals surface area contributed by atoms with E-state index in [9.17, 15) is 4.79 Å². The Morgan fingerprint density at radius 1 is 1.00 bits per heavy atom. The van der Waals surface area contributed by atoms with E-state index in [4.69, 9.17) is 17.3 Å². The molecule has 2 aromatic rings. The molecule has 2 fully saturated rings. The van der Waals surface area contributed by atoms with E-state index in [1.54, 1.807) is 6.07 Å². The molecule has 2 aliphatic rings. The van der Waals surface area contributed by atoms with Crippen LogP contribution < -0.4 is 5.73 Å². The normalized spacial score (nSPS) is 23.4. The van der Waals surface area contributed by atoms with Crippen molar-refractivity contribution in [3.8, 4) is 0 Å². The van der Waals surface area contributed by atoms with Gasteiger partial charge < -0.3 is 15.5 Å². The largest absolute Gasteiger partial charge is 0.338 e. The molecule has 0 radical (unpaired) electrons. The molecule has 0 spiro atoms. The Morgan fingerprint density at radius 2 is 1.63 bits per heavy atom. The van der Waals surface area contributed by atoms with Gasteiger partial charge in [0.1, 0.15) is 0 Å². The molecule has 4 nitrogen and oxygen atoms in total. The molecule has 2 heterocycles. The Labute approximate surface area is 165 Å². The quantitative estimate of drug-likeness (QED) is 0.860. The van der Waals surface area contributed by atoms with Crippen molar-refractivity contribution in [3.05, 3.63) is 70.7 Å². The summed E-state index contributed by atoms with van der Waals surface area (Å²) in [6, 6.07) is 17.7. The highest BCUT2D eigenvalue weighted by molar-refractivity contribution is 6.33. The van der Waals surface area contributed by atoms with Crippen LogP contribution in [0.3, 0.4) is 0 Å². The molecule has 5 heteroatoms.